The Morgan fingerprint density at radius 3 is 2.28 bits per heavy atom. The summed E-state index contributed by atoms with van der Waals surface area (Å²) in [5.41, 5.74) is -0.941. The van der Waals surface area contributed by atoms with Gasteiger partial charge in [-0.2, -0.15) is 18.4 Å². The minimum absolute atomic E-state index is 0.00181. The molecule has 0 amide bonds. The summed E-state index contributed by atoms with van der Waals surface area (Å²) in [6.07, 6.45) is -4.57. The first-order valence-electron chi connectivity index (χ1n) is 8.71. The Morgan fingerprint density at radius 1 is 1.00 bits per heavy atom. The Hall–Kier alpha value is -2.74. The maximum atomic E-state index is 13.0. The minimum atomic E-state index is -4.57. The molecule has 32 heavy (non-hydrogen) atoms. The molecular weight excluding hydrogens is 535 g/mol. The lowest BCUT2D eigenvalue weighted by Crippen LogP contribution is -2.06. The Kier molecular flexibility index (Phi) is 7.03. The van der Waals surface area contributed by atoms with Gasteiger partial charge in [-0.05, 0) is 54.6 Å². The number of benzene rings is 3. The van der Waals surface area contributed by atoms with E-state index in [1.165, 1.54) is 30.3 Å². The van der Waals surface area contributed by atoms with Crippen LogP contribution in [0.25, 0.3) is 0 Å². The molecule has 0 heterocycles. The third-order valence-electron chi connectivity index (χ3n) is 4.11. The van der Waals surface area contributed by atoms with E-state index in [0.717, 1.165) is 18.2 Å². The predicted octanol–water partition coefficient (Wildman–Crippen LogP) is 6.65. The van der Waals surface area contributed by atoms with Crippen LogP contribution in [0.15, 0.2) is 74.9 Å². The van der Waals surface area contributed by atoms with E-state index < -0.39 is 28.2 Å². The van der Waals surface area contributed by atoms with Crippen molar-refractivity contribution in [1.29, 1.82) is 5.26 Å². The van der Waals surface area contributed by atoms with Crippen molar-refractivity contribution < 1.29 is 31.1 Å². The topological polar surface area (TPSA) is 76.4 Å². The Balaban J connectivity index is 1.99. The molecule has 0 aliphatic heterocycles. The number of ether oxygens (including phenoxy) is 2. The molecule has 0 saturated carbocycles. The van der Waals surface area contributed by atoms with Gasteiger partial charge in [-0.25, -0.2) is 8.42 Å². The van der Waals surface area contributed by atoms with Crippen molar-refractivity contribution in [2.45, 2.75) is 16.0 Å². The van der Waals surface area contributed by atoms with Crippen LogP contribution in [0.2, 0.25) is 5.02 Å². The van der Waals surface area contributed by atoms with Gasteiger partial charge in [0.15, 0.2) is 6.61 Å². The van der Waals surface area contributed by atoms with Crippen molar-refractivity contribution in [2.75, 3.05) is 6.61 Å². The van der Waals surface area contributed by atoms with Crippen LogP contribution in [-0.4, -0.2) is 15.0 Å². The number of rotatable bonds is 6. The molecule has 11 heteroatoms. The number of sulfone groups is 1. The largest absolute Gasteiger partial charge is 0.477 e. The monoisotopic (exact) mass is 545 g/mol. The van der Waals surface area contributed by atoms with E-state index in [4.69, 9.17) is 26.3 Å². The van der Waals surface area contributed by atoms with Gasteiger partial charge in [0.25, 0.3) is 0 Å². The van der Waals surface area contributed by atoms with Crippen LogP contribution >= 0.6 is 27.5 Å². The summed E-state index contributed by atoms with van der Waals surface area (Å²) in [4.78, 5) is -0.206. The van der Waals surface area contributed by atoms with Crippen LogP contribution in [0.3, 0.4) is 0 Å². The summed E-state index contributed by atoms with van der Waals surface area (Å²) in [5, 5.41) is 8.54. The standard InChI is InChI=1S/C21H12BrClF3NO4S/c22-14-2-5-16(6-3-14)32(28,29)20-8-4-15(12-19(20)30-10-9-27)31-18-7-1-13(11-17(18)23)21(24,25)26/h1-8,11-12H,10H2. The van der Waals surface area contributed by atoms with Crippen LogP contribution in [0.1, 0.15) is 5.56 Å². The summed E-state index contributed by atoms with van der Waals surface area (Å²) in [6.45, 7) is -0.437. The molecule has 0 radical (unpaired) electrons. The molecule has 0 aromatic heterocycles. The molecule has 0 aliphatic rings. The minimum Gasteiger partial charge on any atom is -0.477 e. The van der Waals surface area contributed by atoms with Crippen LogP contribution in [0, 0.1) is 11.3 Å². The van der Waals surface area contributed by atoms with Crippen molar-refractivity contribution in [3.63, 3.8) is 0 Å². The van der Waals surface area contributed by atoms with Gasteiger partial charge in [0.1, 0.15) is 28.2 Å². The molecule has 3 aromatic carbocycles. The molecule has 166 valence electrons. The van der Waals surface area contributed by atoms with Crippen molar-refractivity contribution in [1.82, 2.24) is 0 Å². The zero-order valence-electron chi connectivity index (χ0n) is 15.9. The highest BCUT2D eigenvalue weighted by atomic mass is 79.9. The van der Waals surface area contributed by atoms with Gasteiger partial charge in [0.05, 0.1) is 15.5 Å². The van der Waals surface area contributed by atoms with E-state index in [9.17, 15) is 21.6 Å². The normalized spacial score (nSPS) is 11.6. The zero-order valence-corrected chi connectivity index (χ0v) is 19.0. The smallest absolute Gasteiger partial charge is 0.416 e. The van der Waals surface area contributed by atoms with Gasteiger partial charge < -0.3 is 9.47 Å². The van der Waals surface area contributed by atoms with Crippen molar-refractivity contribution in [2.24, 2.45) is 0 Å². The first-order chi connectivity index (χ1) is 15.0. The average Bonchev–Trinajstić information content (AvgIpc) is 2.73. The van der Waals surface area contributed by atoms with Gasteiger partial charge in [-0.3, -0.25) is 0 Å². The fourth-order valence-electron chi connectivity index (χ4n) is 2.62. The zero-order chi connectivity index (χ0) is 23.5. The molecule has 0 aliphatic carbocycles. The quantitative estimate of drug-likeness (QED) is 0.346. The van der Waals surface area contributed by atoms with Gasteiger partial charge in [0, 0.05) is 10.5 Å². The van der Waals surface area contributed by atoms with Crippen molar-refractivity contribution >= 4 is 37.4 Å². The first-order valence-corrected chi connectivity index (χ1v) is 11.4. The molecule has 0 unspecified atom stereocenters. The molecule has 3 aromatic rings. The molecule has 0 bridgehead atoms. The van der Waals surface area contributed by atoms with E-state index >= 15 is 0 Å². The number of halogens is 5. The molecule has 5 nitrogen and oxygen atoms in total. The summed E-state index contributed by atoms with van der Waals surface area (Å²) in [6, 6.07) is 14.0. The number of hydrogen-bond donors (Lipinski definition) is 0. The third kappa shape index (κ3) is 5.35. The second kappa shape index (κ2) is 9.40. The van der Waals surface area contributed by atoms with E-state index in [1.54, 1.807) is 18.2 Å². The molecule has 0 atom stereocenters. The number of nitriles is 1. The van der Waals surface area contributed by atoms with Crippen LogP contribution < -0.4 is 9.47 Å². The van der Waals surface area contributed by atoms with E-state index in [-0.39, 0.29) is 32.1 Å². The summed E-state index contributed by atoms with van der Waals surface area (Å²) < 4.78 is 76.0. The number of alkyl halides is 3. The second-order valence-electron chi connectivity index (χ2n) is 6.26. The maximum absolute atomic E-state index is 13.0. The maximum Gasteiger partial charge on any atom is 0.416 e. The average molecular weight is 547 g/mol. The van der Waals surface area contributed by atoms with Crippen LogP contribution in [-0.2, 0) is 16.0 Å². The van der Waals surface area contributed by atoms with Gasteiger partial charge in [-0.1, -0.05) is 27.5 Å². The van der Waals surface area contributed by atoms with Crippen molar-refractivity contribution in [3.05, 3.63) is 75.7 Å². The molecule has 0 spiro atoms. The lowest BCUT2D eigenvalue weighted by Gasteiger charge is -2.14. The highest BCUT2D eigenvalue weighted by molar-refractivity contribution is 9.10. The molecule has 0 N–H and O–H groups in total. The molecule has 0 saturated heterocycles. The van der Waals surface area contributed by atoms with E-state index in [1.807, 2.05) is 0 Å². The van der Waals surface area contributed by atoms with Gasteiger partial charge in [-0.15, -0.1) is 0 Å². The highest BCUT2D eigenvalue weighted by Crippen LogP contribution is 2.38. The lowest BCUT2D eigenvalue weighted by molar-refractivity contribution is -0.137. The first kappa shape index (κ1) is 23.9. The van der Waals surface area contributed by atoms with Gasteiger partial charge >= 0.3 is 6.18 Å². The summed E-state index contributed by atoms with van der Waals surface area (Å²) >= 11 is 9.14. The fourth-order valence-corrected chi connectivity index (χ4v) is 4.49. The van der Waals surface area contributed by atoms with E-state index in [0.29, 0.717) is 4.47 Å². The van der Waals surface area contributed by atoms with Crippen molar-refractivity contribution in [3.8, 4) is 23.3 Å². The van der Waals surface area contributed by atoms with Crippen LogP contribution in [0.5, 0.6) is 17.2 Å². The number of hydrogen-bond acceptors (Lipinski definition) is 5. The Morgan fingerprint density at radius 2 is 1.69 bits per heavy atom. The van der Waals surface area contributed by atoms with Crippen LogP contribution in [0.4, 0.5) is 13.2 Å². The molecule has 0 fully saturated rings. The summed E-state index contributed by atoms with van der Waals surface area (Å²) in [5.74, 6) is -0.182. The Labute approximate surface area is 195 Å². The third-order valence-corrected chi connectivity index (χ3v) is 6.74. The number of nitrogens with zero attached hydrogens (tertiary/aromatic N) is 1. The molecular formula is C21H12BrClF3NO4S. The fraction of sp³-hybridized carbons (Fsp3) is 0.0952. The lowest BCUT2D eigenvalue weighted by atomic mass is 10.2. The SMILES string of the molecule is N#CCOc1cc(Oc2ccc(C(F)(F)F)cc2Cl)ccc1S(=O)(=O)c1ccc(Br)cc1. The highest BCUT2D eigenvalue weighted by Gasteiger charge is 2.31. The predicted molar refractivity (Wildman–Crippen MR) is 114 cm³/mol. The summed E-state index contributed by atoms with van der Waals surface area (Å²) in [7, 11) is -4.00. The van der Waals surface area contributed by atoms with Gasteiger partial charge in [0.2, 0.25) is 9.84 Å². The van der Waals surface area contributed by atoms with E-state index in [2.05, 4.69) is 15.9 Å². The second-order valence-corrected chi connectivity index (χ2v) is 9.50. The molecule has 3 rings (SSSR count). The Bertz CT molecular complexity index is 1290.